The Hall–Kier alpha value is -4.15. The predicted molar refractivity (Wildman–Crippen MR) is 147 cm³/mol. The minimum atomic E-state index is -0.285. The van der Waals surface area contributed by atoms with Gasteiger partial charge in [-0.1, -0.05) is 66.4 Å². The van der Waals surface area contributed by atoms with E-state index < -0.39 is 0 Å². The minimum absolute atomic E-state index is 0.196. The Kier molecular flexibility index (Phi) is 6.11. The highest BCUT2D eigenvalue weighted by Gasteiger charge is 2.32. The molecule has 184 valence electrons. The van der Waals surface area contributed by atoms with Crippen LogP contribution in [0, 0.1) is 0 Å². The third kappa shape index (κ3) is 4.56. The summed E-state index contributed by atoms with van der Waals surface area (Å²) in [6, 6.07) is 20.6. The number of hydrogen-bond acceptors (Lipinski definition) is 8. The fourth-order valence-electron chi connectivity index (χ4n) is 4.14. The fourth-order valence-corrected chi connectivity index (χ4v) is 5.37. The Morgan fingerprint density at radius 1 is 1.00 bits per heavy atom. The van der Waals surface area contributed by atoms with Crippen LogP contribution in [0.5, 0.6) is 11.5 Å². The molecule has 2 aliphatic rings. The standard InChI is InChI=1S/C27H20N4O4S2/c32-25-19(13-22-26(33)31(27(36)37-22)15-17-6-2-1-3-7-17)24(29-23-8-4-5-11-30(23)25)28-14-18-9-10-20-21(12-18)35-16-34-20/h1-13,28H,14-16H2/b22-13-. The monoisotopic (exact) mass is 528 g/mol. The summed E-state index contributed by atoms with van der Waals surface area (Å²) in [7, 11) is 0. The molecule has 1 amide bonds. The van der Waals surface area contributed by atoms with Crippen molar-refractivity contribution in [1.29, 1.82) is 0 Å². The quantitative estimate of drug-likeness (QED) is 0.291. The highest BCUT2D eigenvalue weighted by Crippen LogP contribution is 2.35. The van der Waals surface area contributed by atoms with Crippen molar-refractivity contribution in [3.63, 3.8) is 0 Å². The zero-order valence-electron chi connectivity index (χ0n) is 19.4. The molecule has 0 atom stereocenters. The summed E-state index contributed by atoms with van der Waals surface area (Å²) in [4.78, 5) is 33.4. The van der Waals surface area contributed by atoms with Gasteiger partial charge in [0.1, 0.15) is 15.8 Å². The van der Waals surface area contributed by atoms with Crippen LogP contribution in [0.2, 0.25) is 0 Å². The fraction of sp³-hybridized carbons (Fsp3) is 0.111. The molecule has 4 heterocycles. The number of thiocarbonyl (C=S) groups is 1. The lowest BCUT2D eigenvalue weighted by molar-refractivity contribution is -0.122. The largest absolute Gasteiger partial charge is 0.454 e. The molecule has 0 saturated carbocycles. The number of nitrogens with zero attached hydrogens (tertiary/aromatic N) is 3. The van der Waals surface area contributed by atoms with Crippen molar-refractivity contribution in [1.82, 2.24) is 14.3 Å². The third-order valence-corrected chi connectivity index (χ3v) is 7.38. The summed E-state index contributed by atoms with van der Waals surface area (Å²) in [6.45, 7) is 0.955. The second-order valence-corrected chi connectivity index (χ2v) is 10.1. The van der Waals surface area contributed by atoms with Crippen LogP contribution in [0.15, 0.2) is 82.6 Å². The summed E-state index contributed by atoms with van der Waals surface area (Å²) in [5.41, 5.74) is 2.39. The first kappa shape index (κ1) is 23.3. The van der Waals surface area contributed by atoms with E-state index in [0.717, 1.165) is 11.1 Å². The molecule has 2 aromatic carbocycles. The molecule has 10 heteroatoms. The van der Waals surface area contributed by atoms with E-state index in [1.165, 1.54) is 16.2 Å². The third-order valence-electron chi connectivity index (χ3n) is 6.00. The maximum absolute atomic E-state index is 13.5. The molecular weight excluding hydrogens is 508 g/mol. The van der Waals surface area contributed by atoms with Gasteiger partial charge in [0.2, 0.25) is 6.79 Å². The Bertz CT molecular complexity index is 1640. The normalized spacial score (nSPS) is 15.7. The molecular formula is C27H20N4O4S2. The number of carbonyl (C=O) groups is 1. The van der Waals surface area contributed by atoms with E-state index >= 15 is 0 Å². The highest BCUT2D eigenvalue weighted by atomic mass is 32.2. The SMILES string of the molecule is O=C1/C(=C/c2c(NCc3ccc4c(c3)OCO4)nc3ccccn3c2=O)SC(=S)N1Cc1ccccc1. The number of ether oxygens (including phenoxy) is 2. The molecule has 2 aliphatic heterocycles. The van der Waals surface area contributed by atoms with E-state index in [1.54, 1.807) is 29.3 Å². The summed E-state index contributed by atoms with van der Waals surface area (Å²) in [6.07, 6.45) is 3.24. The van der Waals surface area contributed by atoms with Gasteiger partial charge in [0.25, 0.3) is 11.5 Å². The number of fused-ring (bicyclic) bond motifs is 2. The highest BCUT2D eigenvalue weighted by molar-refractivity contribution is 8.26. The Labute approximate surface area is 221 Å². The second-order valence-electron chi connectivity index (χ2n) is 8.40. The molecule has 4 aromatic rings. The number of thioether (sulfide) groups is 1. The van der Waals surface area contributed by atoms with Crippen molar-refractivity contribution in [3.8, 4) is 11.5 Å². The van der Waals surface area contributed by atoms with Crippen LogP contribution < -0.4 is 20.3 Å². The predicted octanol–water partition coefficient (Wildman–Crippen LogP) is 4.44. The first-order valence-electron chi connectivity index (χ1n) is 11.5. The lowest BCUT2D eigenvalue weighted by atomic mass is 10.2. The number of hydrogen-bond donors (Lipinski definition) is 1. The van der Waals surface area contributed by atoms with Crippen LogP contribution in [0.25, 0.3) is 11.7 Å². The Balaban J connectivity index is 1.34. The van der Waals surface area contributed by atoms with Gasteiger partial charge in [-0.15, -0.1) is 0 Å². The summed E-state index contributed by atoms with van der Waals surface area (Å²) < 4.78 is 12.8. The zero-order valence-corrected chi connectivity index (χ0v) is 21.1. The number of nitrogens with one attached hydrogen (secondary N) is 1. The molecule has 6 rings (SSSR count). The summed E-state index contributed by atoms with van der Waals surface area (Å²) in [5, 5.41) is 3.27. The maximum Gasteiger partial charge on any atom is 0.267 e. The molecule has 1 saturated heterocycles. The molecule has 2 aromatic heterocycles. The van der Waals surface area contributed by atoms with Gasteiger partial charge in [0.05, 0.1) is 17.0 Å². The number of carbonyl (C=O) groups excluding carboxylic acids is 1. The molecule has 1 fully saturated rings. The number of benzene rings is 2. The van der Waals surface area contributed by atoms with Crippen molar-refractivity contribution in [2.24, 2.45) is 0 Å². The summed E-state index contributed by atoms with van der Waals surface area (Å²) in [5.74, 6) is 1.51. The number of rotatable bonds is 6. The van der Waals surface area contributed by atoms with E-state index in [4.69, 9.17) is 21.7 Å². The first-order chi connectivity index (χ1) is 18.1. The molecule has 0 spiro atoms. The lowest BCUT2D eigenvalue weighted by Crippen LogP contribution is -2.27. The lowest BCUT2D eigenvalue weighted by Gasteiger charge is -2.14. The number of pyridine rings is 1. The number of amides is 1. The van der Waals surface area contributed by atoms with E-state index in [9.17, 15) is 9.59 Å². The van der Waals surface area contributed by atoms with Gasteiger partial charge in [-0.3, -0.25) is 18.9 Å². The van der Waals surface area contributed by atoms with E-state index in [0.29, 0.717) is 45.3 Å². The van der Waals surface area contributed by atoms with Gasteiger partial charge in [0.15, 0.2) is 11.5 Å². The van der Waals surface area contributed by atoms with Crippen LogP contribution >= 0.6 is 24.0 Å². The topological polar surface area (TPSA) is 85.2 Å². The number of anilines is 1. The van der Waals surface area contributed by atoms with Gasteiger partial charge in [-0.2, -0.15) is 0 Å². The van der Waals surface area contributed by atoms with Gasteiger partial charge < -0.3 is 14.8 Å². The van der Waals surface area contributed by atoms with Crippen molar-refractivity contribution in [3.05, 3.63) is 105 Å². The van der Waals surface area contributed by atoms with Crippen molar-refractivity contribution in [2.45, 2.75) is 13.1 Å². The van der Waals surface area contributed by atoms with Gasteiger partial charge >= 0.3 is 0 Å². The molecule has 0 radical (unpaired) electrons. The minimum Gasteiger partial charge on any atom is -0.454 e. The van der Waals surface area contributed by atoms with E-state index in [1.807, 2.05) is 54.6 Å². The van der Waals surface area contributed by atoms with Crippen LogP contribution in [0.4, 0.5) is 5.82 Å². The van der Waals surface area contributed by atoms with Crippen LogP contribution in [-0.2, 0) is 17.9 Å². The van der Waals surface area contributed by atoms with Gasteiger partial charge in [-0.05, 0) is 41.5 Å². The molecule has 1 N–H and O–H groups in total. The van der Waals surface area contributed by atoms with Crippen molar-refractivity contribution < 1.29 is 14.3 Å². The van der Waals surface area contributed by atoms with Crippen molar-refractivity contribution in [2.75, 3.05) is 12.1 Å². The zero-order chi connectivity index (χ0) is 25.4. The molecule has 0 bridgehead atoms. The second kappa shape index (κ2) is 9.72. The smallest absolute Gasteiger partial charge is 0.267 e. The van der Waals surface area contributed by atoms with Gasteiger partial charge in [0, 0.05) is 12.7 Å². The van der Waals surface area contributed by atoms with E-state index in [-0.39, 0.29) is 23.8 Å². The maximum atomic E-state index is 13.5. The average Bonchev–Trinajstić information content (AvgIpc) is 3.49. The molecule has 37 heavy (non-hydrogen) atoms. The average molecular weight is 529 g/mol. The Morgan fingerprint density at radius 3 is 2.68 bits per heavy atom. The summed E-state index contributed by atoms with van der Waals surface area (Å²) >= 11 is 6.68. The van der Waals surface area contributed by atoms with Crippen molar-refractivity contribution >= 4 is 51.7 Å². The van der Waals surface area contributed by atoms with Gasteiger partial charge in [-0.25, -0.2) is 4.98 Å². The molecule has 0 aliphatic carbocycles. The first-order valence-corrected chi connectivity index (χ1v) is 12.7. The van der Waals surface area contributed by atoms with Crippen LogP contribution in [0.1, 0.15) is 16.7 Å². The van der Waals surface area contributed by atoms with Crippen LogP contribution in [-0.4, -0.2) is 31.3 Å². The number of aromatic nitrogens is 2. The molecule has 0 unspecified atom stereocenters. The van der Waals surface area contributed by atoms with Crippen LogP contribution in [0.3, 0.4) is 0 Å². The Morgan fingerprint density at radius 2 is 1.81 bits per heavy atom. The van der Waals surface area contributed by atoms with E-state index in [2.05, 4.69) is 10.3 Å². The molecule has 8 nitrogen and oxygen atoms in total.